The molecule has 1 aromatic heterocycles. The van der Waals surface area contributed by atoms with Gasteiger partial charge in [0.05, 0.1) is 23.6 Å². The second-order valence-electron chi connectivity index (χ2n) is 7.93. The molecule has 1 aliphatic heterocycles. The number of fused-ring (bicyclic) bond motifs is 2. The van der Waals surface area contributed by atoms with Crippen molar-refractivity contribution in [3.63, 3.8) is 0 Å². The number of thioether (sulfide) groups is 1. The molecular formula is C22H27N3O2S. The van der Waals surface area contributed by atoms with Gasteiger partial charge in [-0.05, 0) is 28.8 Å². The van der Waals surface area contributed by atoms with E-state index < -0.39 is 0 Å². The Morgan fingerprint density at radius 3 is 2.75 bits per heavy atom. The molecule has 148 valence electrons. The van der Waals surface area contributed by atoms with Gasteiger partial charge in [-0.25, -0.2) is 4.98 Å². The van der Waals surface area contributed by atoms with E-state index in [9.17, 15) is 4.79 Å². The van der Waals surface area contributed by atoms with E-state index in [-0.39, 0.29) is 11.7 Å². The fourth-order valence-corrected chi connectivity index (χ4v) is 4.77. The zero-order valence-corrected chi connectivity index (χ0v) is 17.5. The Balaban J connectivity index is 1.56. The number of rotatable bonds is 5. The molecule has 1 aliphatic rings. The summed E-state index contributed by atoms with van der Waals surface area (Å²) in [7, 11) is 1.80. The van der Waals surface area contributed by atoms with Crippen LogP contribution in [0.15, 0.2) is 46.3 Å². The maximum atomic E-state index is 12.9. The van der Waals surface area contributed by atoms with E-state index in [0.29, 0.717) is 11.3 Å². The van der Waals surface area contributed by atoms with Crippen molar-refractivity contribution >= 4 is 33.4 Å². The largest absolute Gasteiger partial charge is 0.375 e. The molecule has 5 nitrogen and oxygen atoms in total. The molecule has 0 unspecified atom stereocenters. The van der Waals surface area contributed by atoms with Crippen molar-refractivity contribution in [2.75, 3.05) is 32.0 Å². The summed E-state index contributed by atoms with van der Waals surface area (Å²) in [4.78, 5) is 20.2. The molecule has 0 amide bonds. The maximum Gasteiger partial charge on any atom is 0.261 e. The fourth-order valence-electron chi connectivity index (χ4n) is 3.80. The number of aromatic nitrogens is 2. The summed E-state index contributed by atoms with van der Waals surface area (Å²) >= 11 is 1.61. The van der Waals surface area contributed by atoms with Crippen LogP contribution in [0.1, 0.15) is 13.8 Å². The highest BCUT2D eigenvalue weighted by atomic mass is 32.2. The third kappa shape index (κ3) is 4.09. The normalized spacial score (nSPS) is 18.4. The molecule has 1 fully saturated rings. The third-order valence-electron chi connectivity index (χ3n) is 5.15. The first-order chi connectivity index (χ1) is 13.5. The van der Waals surface area contributed by atoms with Gasteiger partial charge in [-0.2, -0.15) is 0 Å². The van der Waals surface area contributed by atoms with Gasteiger partial charge in [-0.1, -0.05) is 49.9 Å². The average molecular weight is 398 g/mol. The SMILES string of the molecule is CC(C)CN1CCO[C@@H](CSc2nc3cc4ccccc4cc3c(=O)n2C)C1. The van der Waals surface area contributed by atoms with Crippen LogP contribution in [0.4, 0.5) is 0 Å². The summed E-state index contributed by atoms with van der Waals surface area (Å²) in [5, 5.41) is 3.58. The van der Waals surface area contributed by atoms with Crippen molar-refractivity contribution in [2.45, 2.75) is 25.1 Å². The molecule has 6 heteroatoms. The van der Waals surface area contributed by atoms with Crippen LogP contribution in [-0.2, 0) is 11.8 Å². The highest BCUT2D eigenvalue weighted by Crippen LogP contribution is 2.23. The van der Waals surface area contributed by atoms with E-state index in [4.69, 9.17) is 9.72 Å². The Morgan fingerprint density at radius 1 is 1.25 bits per heavy atom. The summed E-state index contributed by atoms with van der Waals surface area (Å²) in [6.07, 6.45) is 0.168. The Kier molecular flexibility index (Phi) is 5.71. The maximum absolute atomic E-state index is 12.9. The zero-order chi connectivity index (χ0) is 19.7. The lowest BCUT2D eigenvalue weighted by molar-refractivity contribution is -0.0191. The molecule has 1 atom stereocenters. The van der Waals surface area contributed by atoms with Gasteiger partial charge >= 0.3 is 0 Å². The topological polar surface area (TPSA) is 47.4 Å². The van der Waals surface area contributed by atoms with Gasteiger partial charge in [-0.15, -0.1) is 0 Å². The zero-order valence-electron chi connectivity index (χ0n) is 16.7. The number of benzene rings is 2. The molecule has 0 aliphatic carbocycles. The molecule has 28 heavy (non-hydrogen) atoms. The summed E-state index contributed by atoms with van der Waals surface area (Å²) in [6, 6.07) is 12.0. The second kappa shape index (κ2) is 8.23. The lowest BCUT2D eigenvalue weighted by atomic mass is 10.1. The minimum absolute atomic E-state index is 0.00394. The Bertz CT molecular complexity index is 1050. The molecule has 0 N–H and O–H groups in total. The lowest BCUT2D eigenvalue weighted by Crippen LogP contribution is -2.44. The van der Waals surface area contributed by atoms with Crippen molar-refractivity contribution < 1.29 is 4.74 Å². The van der Waals surface area contributed by atoms with Gasteiger partial charge < -0.3 is 4.74 Å². The summed E-state index contributed by atoms with van der Waals surface area (Å²) in [5.41, 5.74) is 0.763. The highest BCUT2D eigenvalue weighted by Gasteiger charge is 2.22. The average Bonchev–Trinajstić information content (AvgIpc) is 2.68. The number of morpholine rings is 1. The van der Waals surface area contributed by atoms with Crippen LogP contribution in [0.2, 0.25) is 0 Å². The van der Waals surface area contributed by atoms with Gasteiger partial charge in [0, 0.05) is 32.4 Å². The van der Waals surface area contributed by atoms with E-state index in [2.05, 4.69) is 24.8 Å². The van der Waals surface area contributed by atoms with Crippen LogP contribution in [0.5, 0.6) is 0 Å². The predicted octanol–water partition coefficient (Wildman–Crippen LogP) is 3.54. The quantitative estimate of drug-likeness (QED) is 0.374. The molecular weight excluding hydrogens is 370 g/mol. The fraction of sp³-hybridized carbons (Fsp3) is 0.455. The molecule has 2 aromatic carbocycles. The van der Waals surface area contributed by atoms with Crippen LogP contribution in [-0.4, -0.2) is 52.5 Å². The van der Waals surface area contributed by atoms with E-state index in [0.717, 1.165) is 53.4 Å². The van der Waals surface area contributed by atoms with Crippen molar-refractivity contribution in [1.29, 1.82) is 0 Å². The minimum atomic E-state index is 0.00394. The lowest BCUT2D eigenvalue weighted by Gasteiger charge is -2.33. The standard InChI is InChI=1S/C22H27N3O2S/c1-15(2)12-25-8-9-27-18(13-25)14-28-22-23-20-11-17-7-5-4-6-16(17)10-19(20)21(26)24(22)3/h4-7,10-11,15,18H,8-9,12-14H2,1-3H3/t18-/m1/s1. The monoisotopic (exact) mass is 397 g/mol. The minimum Gasteiger partial charge on any atom is -0.375 e. The molecule has 0 radical (unpaired) electrons. The van der Waals surface area contributed by atoms with Gasteiger partial charge in [-0.3, -0.25) is 14.3 Å². The Hall–Kier alpha value is -1.89. The van der Waals surface area contributed by atoms with Crippen LogP contribution < -0.4 is 5.56 Å². The number of ether oxygens (including phenoxy) is 1. The Morgan fingerprint density at radius 2 is 2.00 bits per heavy atom. The number of nitrogens with zero attached hydrogens (tertiary/aromatic N) is 3. The van der Waals surface area contributed by atoms with Crippen molar-refractivity contribution in [2.24, 2.45) is 13.0 Å². The molecule has 0 bridgehead atoms. The summed E-state index contributed by atoms with van der Waals surface area (Å²) in [5.74, 6) is 1.46. The molecule has 0 saturated carbocycles. The Labute approximate surface area is 169 Å². The van der Waals surface area contributed by atoms with Gasteiger partial charge in [0.25, 0.3) is 5.56 Å². The first kappa shape index (κ1) is 19.4. The summed E-state index contributed by atoms with van der Waals surface area (Å²) in [6.45, 7) is 8.31. The smallest absolute Gasteiger partial charge is 0.261 e. The van der Waals surface area contributed by atoms with E-state index in [1.54, 1.807) is 23.4 Å². The molecule has 1 saturated heterocycles. The van der Waals surface area contributed by atoms with E-state index >= 15 is 0 Å². The molecule has 4 rings (SSSR count). The van der Waals surface area contributed by atoms with Crippen LogP contribution in [0, 0.1) is 5.92 Å². The van der Waals surface area contributed by atoms with Crippen LogP contribution in [0.3, 0.4) is 0 Å². The molecule has 2 heterocycles. The molecule has 0 spiro atoms. The number of hydrogen-bond acceptors (Lipinski definition) is 5. The summed E-state index contributed by atoms with van der Waals surface area (Å²) < 4.78 is 7.61. The van der Waals surface area contributed by atoms with Crippen LogP contribution in [0.25, 0.3) is 21.7 Å². The first-order valence-corrected chi connectivity index (χ1v) is 10.9. The van der Waals surface area contributed by atoms with Crippen molar-refractivity contribution in [3.8, 4) is 0 Å². The third-order valence-corrected chi connectivity index (χ3v) is 6.31. The van der Waals surface area contributed by atoms with E-state index in [1.807, 2.05) is 30.3 Å². The van der Waals surface area contributed by atoms with Gasteiger partial charge in [0.1, 0.15) is 0 Å². The van der Waals surface area contributed by atoms with Crippen molar-refractivity contribution in [3.05, 3.63) is 46.8 Å². The van der Waals surface area contributed by atoms with Gasteiger partial charge in [0.2, 0.25) is 0 Å². The van der Waals surface area contributed by atoms with Gasteiger partial charge in [0.15, 0.2) is 5.16 Å². The van der Waals surface area contributed by atoms with Crippen LogP contribution >= 0.6 is 11.8 Å². The number of hydrogen-bond donors (Lipinski definition) is 0. The molecule has 3 aromatic rings. The predicted molar refractivity (Wildman–Crippen MR) is 116 cm³/mol. The second-order valence-corrected chi connectivity index (χ2v) is 8.92. The highest BCUT2D eigenvalue weighted by molar-refractivity contribution is 7.99. The van der Waals surface area contributed by atoms with Crippen molar-refractivity contribution in [1.82, 2.24) is 14.5 Å². The van der Waals surface area contributed by atoms with E-state index in [1.165, 1.54) is 0 Å². The first-order valence-electron chi connectivity index (χ1n) is 9.87.